The molecule has 1 atom stereocenters. The smallest absolute Gasteiger partial charge is 0.312 e. The molecule has 9 heteroatoms. The average molecular weight is 265 g/mol. The van der Waals surface area contributed by atoms with Crippen molar-refractivity contribution in [1.29, 1.82) is 0 Å². The number of aryl methyl sites for hydroxylation is 1. The summed E-state index contributed by atoms with van der Waals surface area (Å²) in [6.07, 6.45) is 0. The zero-order valence-electron chi connectivity index (χ0n) is 10.2. The number of fused-ring (bicyclic) bond motifs is 1. The van der Waals surface area contributed by atoms with E-state index in [0.29, 0.717) is 0 Å². The summed E-state index contributed by atoms with van der Waals surface area (Å²) in [5.74, 6) is -2.47. The molecule has 0 saturated carbocycles. The van der Waals surface area contributed by atoms with Crippen molar-refractivity contribution >= 4 is 23.0 Å². The normalized spacial score (nSPS) is 12.5. The molecule has 4 N–H and O–H groups in total. The van der Waals surface area contributed by atoms with Crippen LogP contribution in [-0.2, 0) is 11.8 Å². The molecule has 19 heavy (non-hydrogen) atoms. The number of hydrogen-bond donors (Lipinski definition) is 3. The van der Waals surface area contributed by atoms with Crippen molar-refractivity contribution in [3.63, 3.8) is 0 Å². The van der Waals surface area contributed by atoms with E-state index < -0.39 is 22.9 Å². The molecule has 2 rings (SSSR count). The van der Waals surface area contributed by atoms with Gasteiger partial charge in [-0.1, -0.05) is 0 Å². The molecule has 0 aliphatic rings. The van der Waals surface area contributed by atoms with Gasteiger partial charge in [0.2, 0.25) is 11.4 Å². The fourth-order valence-electron chi connectivity index (χ4n) is 1.70. The summed E-state index contributed by atoms with van der Waals surface area (Å²) in [5.41, 5.74) is 3.70. The van der Waals surface area contributed by atoms with Crippen molar-refractivity contribution < 1.29 is 9.90 Å². The molecular formula is C10H11N5O4. The molecule has 0 saturated heterocycles. The molecule has 0 unspecified atom stereocenters. The largest absolute Gasteiger partial charge is 0.481 e. The fourth-order valence-corrected chi connectivity index (χ4v) is 1.70. The first-order chi connectivity index (χ1) is 8.82. The molecule has 0 radical (unpaired) electrons. The Morgan fingerprint density at radius 1 is 1.47 bits per heavy atom. The van der Waals surface area contributed by atoms with Crippen LogP contribution in [-0.4, -0.2) is 30.8 Å². The zero-order valence-corrected chi connectivity index (χ0v) is 10.2. The number of hydrogen-bond acceptors (Lipinski definition) is 6. The van der Waals surface area contributed by atoms with E-state index in [4.69, 9.17) is 10.8 Å². The number of anilines is 1. The van der Waals surface area contributed by atoms with Gasteiger partial charge in [-0.25, -0.2) is 4.68 Å². The Balaban J connectivity index is 2.95. The Kier molecular flexibility index (Phi) is 2.81. The number of nitrogens with zero attached hydrogens (tertiary/aromatic N) is 3. The topological polar surface area (TPSA) is 144 Å². The molecule has 100 valence electrons. The molecule has 0 aliphatic carbocycles. The molecule has 0 bridgehead atoms. The van der Waals surface area contributed by atoms with Crippen LogP contribution in [0.5, 0.6) is 0 Å². The number of aromatic nitrogens is 4. The van der Waals surface area contributed by atoms with Crippen LogP contribution >= 0.6 is 0 Å². The van der Waals surface area contributed by atoms with E-state index in [2.05, 4.69) is 15.1 Å². The summed E-state index contributed by atoms with van der Waals surface area (Å²) in [7, 11) is 1.45. The van der Waals surface area contributed by atoms with Gasteiger partial charge in [0, 0.05) is 7.05 Å². The van der Waals surface area contributed by atoms with E-state index in [0.717, 1.165) is 4.68 Å². The maximum Gasteiger partial charge on any atom is 0.312 e. The van der Waals surface area contributed by atoms with Crippen molar-refractivity contribution in [1.82, 2.24) is 19.7 Å². The van der Waals surface area contributed by atoms with Gasteiger partial charge in [-0.3, -0.25) is 19.4 Å². The lowest BCUT2D eigenvalue weighted by molar-refractivity contribution is -0.138. The number of nitrogens with two attached hydrogens (primary N) is 1. The predicted molar refractivity (Wildman–Crippen MR) is 65.9 cm³/mol. The molecule has 2 aromatic rings. The number of nitrogen functional groups attached to an aromatic ring is 1. The summed E-state index contributed by atoms with van der Waals surface area (Å²) in [5, 5.41) is 12.5. The average Bonchev–Trinajstić information content (AvgIpc) is 2.31. The third-order valence-electron chi connectivity index (χ3n) is 2.72. The predicted octanol–water partition coefficient (Wildman–Crippen LogP) is -1.21. The van der Waals surface area contributed by atoms with E-state index in [1.807, 2.05) is 0 Å². The quantitative estimate of drug-likeness (QED) is 0.617. The number of carbonyl (C=O) groups is 1. The van der Waals surface area contributed by atoms with Crippen molar-refractivity contribution in [2.75, 3.05) is 5.73 Å². The first-order valence-electron chi connectivity index (χ1n) is 5.32. The second-order valence-electron chi connectivity index (χ2n) is 4.05. The van der Waals surface area contributed by atoms with Crippen LogP contribution in [0.3, 0.4) is 0 Å². The highest BCUT2D eigenvalue weighted by Crippen LogP contribution is 2.10. The number of rotatable bonds is 2. The van der Waals surface area contributed by atoms with Gasteiger partial charge in [0.1, 0.15) is 17.0 Å². The first-order valence-corrected chi connectivity index (χ1v) is 5.32. The number of carboxylic acid groups (broad SMARTS) is 1. The number of aromatic amines is 1. The van der Waals surface area contributed by atoms with Gasteiger partial charge in [0.15, 0.2) is 5.65 Å². The molecule has 9 nitrogen and oxygen atoms in total. The first kappa shape index (κ1) is 12.7. The zero-order chi connectivity index (χ0) is 14.3. The van der Waals surface area contributed by atoms with Crippen LogP contribution < -0.4 is 16.7 Å². The Hall–Kier alpha value is -2.71. The SMILES string of the molecule is C[C@@H](C(=O)O)c1nn(C)c2nc(N)[nH]c(=O)c2c1=O. The Morgan fingerprint density at radius 3 is 2.68 bits per heavy atom. The van der Waals surface area contributed by atoms with Gasteiger partial charge in [-0.2, -0.15) is 10.1 Å². The van der Waals surface area contributed by atoms with Gasteiger partial charge in [0.25, 0.3) is 5.56 Å². The minimum absolute atomic E-state index is 0.00703. The number of H-pyrrole nitrogens is 1. The molecule has 0 aromatic carbocycles. The van der Waals surface area contributed by atoms with Gasteiger partial charge in [-0.15, -0.1) is 0 Å². The maximum absolute atomic E-state index is 12.1. The summed E-state index contributed by atoms with van der Waals surface area (Å²) < 4.78 is 1.16. The third-order valence-corrected chi connectivity index (χ3v) is 2.72. The summed E-state index contributed by atoms with van der Waals surface area (Å²) in [6, 6.07) is 0. The van der Waals surface area contributed by atoms with Crippen LogP contribution in [0.2, 0.25) is 0 Å². The van der Waals surface area contributed by atoms with Gasteiger partial charge < -0.3 is 10.8 Å². The van der Waals surface area contributed by atoms with Crippen molar-refractivity contribution in [2.24, 2.45) is 7.05 Å². The Morgan fingerprint density at radius 2 is 2.11 bits per heavy atom. The summed E-state index contributed by atoms with van der Waals surface area (Å²) in [6.45, 7) is 1.32. The number of aliphatic carboxylic acids is 1. The number of carboxylic acids is 1. The van der Waals surface area contributed by atoms with Gasteiger partial charge >= 0.3 is 5.97 Å². The van der Waals surface area contributed by atoms with Crippen LogP contribution in [0.4, 0.5) is 5.95 Å². The monoisotopic (exact) mass is 265 g/mol. The van der Waals surface area contributed by atoms with E-state index in [9.17, 15) is 14.4 Å². The second-order valence-corrected chi connectivity index (χ2v) is 4.05. The van der Waals surface area contributed by atoms with E-state index in [-0.39, 0.29) is 22.7 Å². The minimum Gasteiger partial charge on any atom is -0.481 e. The fraction of sp³-hybridized carbons (Fsp3) is 0.300. The number of nitrogens with one attached hydrogen (secondary N) is 1. The minimum atomic E-state index is -1.20. The van der Waals surface area contributed by atoms with E-state index in [1.165, 1.54) is 14.0 Å². The lowest BCUT2D eigenvalue weighted by Crippen LogP contribution is -2.29. The molecule has 0 spiro atoms. The molecule has 0 aliphatic heterocycles. The highest BCUT2D eigenvalue weighted by molar-refractivity contribution is 5.79. The molecule has 0 fully saturated rings. The summed E-state index contributed by atoms with van der Waals surface area (Å²) in [4.78, 5) is 40.8. The maximum atomic E-state index is 12.1. The lowest BCUT2D eigenvalue weighted by atomic mass is 10.1. The Labute approximate surface area is 105 Å². The van der Waals surface area contributed by atoms with Crippen LogP contribution in [0.1, 0.15) is 18.5 Å². The van der Waals surface area contributed by atoms with Crippen molar-refractivity contribution in [2.45, 2.75) is 12.8 Å². The Bertz CT molecular complexity index is 791. The van der Waals surface area contributed by atoms with Crippen LogP contribution in [0, 0.1) is 0 Å². The molecule has 2 heterocycles. The van der Waals surface area contributed by atoms with Crippen molar-refractivity contribution in [3.8, 4) is 0 Å². The highest BCUT2D eigenvalue weighted by Gasteiger charge is 2.23. The van der Waals surface area contributed by atoms with Crippen LogP contribution in [0.15, 0.2) is 9.59 Å². The van der Waals surface area contributed by atoms with E-state index in [1.54, 1.807) is 0 Å². The van der Waals surface area contributed by atoms with Gasteiger partial charge in [0.05, 0.1) is 0 Å². The molecule has 0 amide bonds. The van der Waals surface area contributed by atoms with E-state index >= 15 is 0 Å². The highest BCUT2D eigenvalue weighted by atomic mass is 16.4. The molecule has 2 aromatic heterocycles. The third kappa shape index (κ3) is 1.94. The summed E-state index contributed by atoms with van der Waals surface area (Å²) >= 11 is 0. The lowest BCUT2D eigenvalue weighted by Gasteiger charge is -2.09. The second kappa shape index (κ2) is 4.19. The van der Waals surface area contributed by atoms with Crippen molar-refractivity contribution in [3.05, 3.63) is 26.3 Å². The standard InChI is InChI=1S/C10H11N5O4/c1-3(9(18)19)5-6(16)4-7(15(2)14-5)12-10(11)13-8(4)17/h3H,1-2H3,(H,18,19)(H3,11,12,13,17)/t3-/m1/s1. The van der Waals surface area contributed by atoms with Gasteiger partial charge in [-0.05, 0) is 6.92 Å². The molecular weight excluding hydrogens is 254 g/mol. The van der Waals surface area contributed by atoms with Crippen LogP contribution in [0.25, 0.3) is 11.0 Å².